The van der Waals surface area contributed by atoms with Crippen LogP contribution < -0.4 is 14.6 Å². The molecule has 2 aliphatic heterocycles. The van der Waals surface area contributed by atoms with E-state index in [1.807, 2.05) is 12.2 Å². The lowest BCUT2D eigenvalue weighted by atomic mass is 10.1. The molecule has 0 bridgehead atoms. The third-order valence-electron chi connectivity index (χ3n) is 4.94. The number of aromatic nitrogens is 1. The Morgan fingerprint density at radius 3 is 2.73 bits per heavy atom. The molecule has 3 rings (SSSR count). The van der Waals surface area contributed by atoms with Gasteiger partial charge in [-0.05, 0) is 25.3 Å². The normalized spacial score (nSPS) is 30.2. The molecule has 3 heterocycles. The van der Waals surface area contributed by atoms with Crippen molar-refractivity contribution >= 4 is 21.8 Å². The van der Waals surface area contributed by atoms with Crippen LogP contribution in [0.1, 0.15) is 37.8 Å². The molecule has 0 aliphatic carbocycles. The summed E-state index contributed by atoms with van der Waals surface area (Å²) in [6.07, 6.45) is 10.9. The number of amides is 2. The predicted octanol–water partition coefficient (Wildman–Crippen LogP) is -1.14. The minimum Gasteiger partial charge on any atom is -0.368 e. The highest BCUT2D eigenvalue weighted by molar-refractivity contribution is 7.87. The van der Waals surface area contributed by atoms with Crippen LogP contribution in [0.2, 0.25) is 0 Å². The monoisotopic (exact) mass is 379 g/mol. The Kier molecular flexibility index (Phi) is 5.52. The fourth-order valence-corrected chi connectivity index (χ4v) is 5.09. The maximum atomic E-state index is 13.1. The van der Waals surface area contributed by atoms with Crippen molar-refractivity contribution in [1.82, 2.24) is 0 Å². The summed E-state index contributed by atoms with van der Waals surface area (Å²) < 4.78 is 27.2. The standard InChI is InChI=1S/C18H23N3O4S/c19-17(22)16-18(23)20-13-15(20)11-6-4-2-1-3-5-9-14-10-7-8-12-21(14)26(16,24)25/h6-8,10-12,15-16H,1-5,9,13H2,(H-,19,22)/p+2/b11-6-/t15-,16?,20?/m0/s1. The predicted molar refractivity (Wildman–Crippen MR) is 94.5 cm³/mol. The maximum Gasteiger partial charge on any atom is 0.395 e. The van der Waals surface area contributed by atoms with Crippen molar-refractivity contribution in [3.63, 3.8) is 0 Å². The van der Waals surface area contributed by atoms with Crippen molar-refractivity contribution in [2.75, 3.05) is 6.54 Å². The number of nitrogens with one attached hydrogen (secondary N) is 1. The summed E-state index contributed by atoms with van der Waals surface area (Å²) in [5, 5.41) is -1.87. The summed E-state index contributed by atoms with van der Waals surface area (Å²) >= 11 is 0. The van der Waals surface area contributed by atoms with E-state index in [-0.39, 0.29) is 6.04 Å². The van der Waals surface area contributed by atoms with E-state index in [1.165, 1.54) is 6.20 Å². The first-order valence-corrected chi connectivity index (χ1v) is 10.5. The van der Waals surface area contributed by atoms with E-state index in [4.69, 9.17) is 5.73 Å². The van der Waals surface area contributed by atoms with Crippen molar-refractivity contribution in [2.45, 2.75) is 49.8 Å². The van der Waals surface area contributed by atoms with Gasteiger partial charge in [0.1, 0.15) is 6.54 Å². The highest BCUT2D eigenvalue weighted by Crippen LogP contribution is 2.10. The number of nitrogens with two attached hydrogens (primary N) is 1. The first kappa shape index (κ1) is 18.7. The Morgan fingerprint density at radius 1 is 1.19 bits per heavy atom. The molecule has 0 saturated carbocycles. The van der Waals surface area contributed by atoms with Gasteiger partial charge < -0.3 is 5.73 Å². The summed E-state index contributed by atoms with van der Waals surface area (Å²) in [6, 6.07) is 4.98. The lowest BCUT2D eigenvalue weighted by Gasteiger charge is -2.10. The number of hydrogen-bond donors (Lipinski definition) is 2. The number of carbonyl (C=O) groups excluding carboxylic acids is 2. The van der Waals surface area contributed by atoms with Crippen LogP contribution in [-0.4, -0.2) is 38.1 Å². The number of rotatable bonds is 1. The number of aryl methyl sites for hydroxylation is 1. The fraction of sp³-hybridized carbons (Fsp3) is 0.500. The summed E-state index contributed by atoms with van der Waals surface area (Å²) in [5.74, 6) is -1.78. The van der Waals surface area contributed by atoms with Crippen molar-refractivity contribution in [2.24, 2.45) is 5.73 Å². The first-order valence-electron chi connectivity index (χ1n) is 9.03. The SMILES string of the molecule is NC(=O)C1C(=O)[NH+]2C[C@@H]2/C=C\CCCCCCc2cccc[n+]2S1(=O)=O. The van der Waals surface area contributed by atoms with Crippen LogP contribution in [0.25, 0.3) is 0 Å². The zero-order valence-corrected chi connectivity index (χ0v) is 15.5. The average molecular weight is 379 g/mol. The molecule has 1 fully saturated rings. The molecule has 0 aromatic carbocycles. The second kappa shape index (κ2) is 7.67. The van der Waals surface area contributed by atoms with Gasteiger partial charge in [0, 0.05) is 18.6 Å². The lowest BCUT2D eigenvalue weighted by Crippen LogP contribution is -3.00. The van der Waals surface area contributed by atoms with Crippen LogP contribution in [0, 0.1) is 0 Å². The van der Waals surface area contributed by atoms with Crippen molar-refractivity contribution in [3.8, 4) is 0 Å². The Labute approximate surface area is 153 Å². The Bertz CT molecular complexity index is 835. The quantitative estimate of drug-likeness (QED) is 0.279. The van der Waals surface area contributed by atoms with Gasteiger partial charge in [-0.15, -0.1) is 0 Å². The number of allylic oxidation sites excluding steroid dienone is 1. The van der Waals surface area contributed by atoms with Gasteiger partial charge in [0.25, 0.3) is 5.91 Å². The molecule has 1 aromatic rings. The minimum atomic E-state index is -4.25. The van der Waals surface area contributed by atoms with Crippen molar-refractivity contribution in [3.05, 3.63) is 42.2 Å². The number of nitrogens with zero attached hydrogens (tertiary/aromatic N) is 1. The van der Waals surface area contributed by atoms with Gasteiger partial charge in [0.15, 0.2) is 17.9 Å². The van der Waals surface area contributed by atoms with Crippen molar-refractivity contribution in [1.29, 1.82) is 0 Å². The number of fused-ring (bicyclic) bond motifs is 2. The van der Waals surface area contributed by atoms with Crippen LogP contribution in [0.5, 0.6) is 0 Å². The topological polar surface area (TPSA) is 103 Å². The second-order valence-corrected chi connectivity index (χ2v) is 8.79. The molecule has 1 aromatic heterocycles. The van der Waals surface area contributed by atoms with Crippen LogP contribution in [0.4, 0.5) is 0 Å². The maximum absolute atomic E-state index is 13.1. The van der Waals surface area contributed by atoms with Gasteiger partial charge >= 0.3 is 21.2 Å². The van der Waals surface area contributed by atoms with E-state index in [0.717, 1.165) is 36.1 Å². The molecule has 2 unspecified atom stereocenters. The van der Waals surface area contributed by atoms with Gasteiger partial charge in [-0.2, -0.15) is 8.42 Å². The molecule has 140 valence electrons. The molecule has 26 heavy (non-hydrogen) atoms. The number of primary amides is 1. The third kappa shape index (κ3) is 3.86. The molecule has 0 radical (unpaired) electrons. The summed E-state index contributed by atoms with van der Waals surface area (Å²) in [5.41, 5.74) is 5.92. The van der Waals surface area contributed by atoms with Gasteiger partial charge in [-0.25, -0.2) is 4.79 Å². The van der Waals surface area contributed by atoms with E-state index in [2.05, 4.69) is 0 Å². The molecule has 0 spiro atoms. The van der Waals surface area contributed by atoms with E-state index in [1.54, 1.807) is 18.2 Å². The number of quaternary nitrogens is 1. The van der Waals surface area contributed by atoms with Gasteiger partial charge in [-0.1, -0.05) is 29.0 Å². The van der Waals surface area contributed by atoms with E-state index in [0.29, 0.717) is 23.6 Å². The van der Waals surface area contributed by atoms with Gasteiger partial charge in [0.05, 0.1) is 0 Å². The average Bonchev–Trinajstić information content (AvgIpc) is 3.36. The minimum absolute atomic E-state index is 0.0649. The zero-order valence-electron chi connectivity index (χ0n) is 14.6. The van der Waals surface area contributed by atoms with Crippen LogP contribution >= 0.6 is 0 Å². The molecular formula is C18H25N3O4S+2. The molecule has 8 heteroatoms. The Hall–Kier alpha value is -2.06. The molecule has 3 N–H and O–H groups in total. The highest BCUT2D eigenvalue weighted by atomic mass is 32.2. The van der Waals surface area contributed by atoms with Gasteiger partial charge in [-0.3, -0.25) is 9.69 Å². The fourth-order valence-electron chi connectivity index (χ4n) is 3.43. The molecular weight excluding hydrogens is 354 g/mol. The molecule has 3 atom stereocenters. The summed E-state index contributed by atoms with van der Waals surface area (Å²) in [4.78, 5) is 25.1. The second-order valence-electron chi connectivity index (χ2n) is 6.90. The first-order chi connectivity index (χ1) is 12.4. The van der Waals surface area contributed by atoms with E-state index < -0.39 is 27.1 Å². The molecule has 1 saturated heterocycles. The van der Waals surface area contributed by atoms with Gasteiger partial charge in [0.2, 0.25) is 0 Å². The van der Waals surface area contributed by atoms with Crippen LogP contribution in [-0.2, 0) is 26.0 Å². The van der Waals surface area contributed by atoms with E-state index in [9.17, 15) is 18.0 Å². The highest BCUT2D eigenvalue weighted by Gasteiger charge is 2.57. The third-order valence-corrected chi connectivity index (χ3v) is 6.89. The Morgan fingerprint density at radius 2 is 1.96 bits per heavy atom. The molecule has 7 nitrogen and oxygen atoms in total. The molecule has 2 amide bonds. The smallest absolute Gasteiger partial charge is 0.368 e. The van der Waals surface area contributed by atoms with E-state index >= 15 is 0 Å². The Balaban J connectivity index is 2.00. The van der Waals surface area contributed by atoms with Crippen LogP contribution in [0.3, 0.4) is 0 Å². The number of hydrogen-bond acceptors (Lipinski definition) is 4. The number of pyridine rings is 1. The zero-order chi connectivity index (χ0) is 18.7. The number of carbonyl (C=O) groups is 2. The summed E-state index contributed by atoms with van der Waals surface area (Å²) in [6.45, 7) is 0.501. The molecule has 2 aliphatic rings. The largest absolute Gasteiger partial charge is 0.395 e. The van der Waals surface area contributed by atoms with Crippen LogP contribution in [0.15, 0.2) is 36.5 Å². The lowest BCUT2D eigenvalue weighted by molar-refractivity contribution is -0.682. The van der Waals surface area contributed by atoms with Crippen molar-refractivity contribution < 1.29 is 26.9 Å². The summed E-state index contributed by atoms with van der Waals surface area (Å²) in [7, 11) is -4.25.